The molecule has 1 aromatic heterocycles. The number of hydrogen-bond acceptors (Lipinski definition) is 4. The largest absolute Gasteiger partial charge is 0.396 e. The van der Waals surface area contributed by atoms with Crippen molar-refractivity contribution in [3.63, 3.8) is 0 Å². The van der Waals surface area contributed by atoms with Gasteiger partial charge in [0.2, 0.25) is 0 Å². The minimum Gasteiger partial charge on any atom is -0.396 e. The van der Waals surface area contributed by atoms with E-state index >= 15 is 0 Å². The smallest absolute Gasteiger partial charge is 0.129 e. The minimum atomic E-state index is -0.134. The van der Waals surface area contributed by atoms with Crippen molar-refractivity contribution in [2.75, 3.05) is 18.5 Å². The summed E-state index contributed by atoms with van der Waals surface area (Å²) in [5, 5.41) is 12.4. The van der Waals surface area contributed by atoms with Crippen LogP contribution in [-0.2, 0) is 6.42 Å². The number of aliphatic hydroxyl groups excluding tert-OH is 1. The molecule has 90 valence electrons. The maximum Gasteiger partial charge on any atom is 0.129 e. The van der Waals surface area contributed by atoms with Crippen molar-refractivity contribution < 1.29 is 5.11 Å². The number of anilines is 1. The SMILES string of the molecule is CCc1cc(NCC(C)(C)CO)nc(C)n1. The van der Waals surface area contributed by atoms with E-state index in [2.05, 4.69) is 22.2 Å². The molecule has 16 heavy (non-hydrogen) atoms. The fourth-order valence-electron chi connectivity index (χ4n) is 1.29. The van der Waals surface area contributed by atoms with Crippen molar-refractivity contribution in [3.8, 4) is 0 Å². The third-order valence-corrected chi connectivity index (χ3v) is 2.43. The van der Waals surface area contributed by atoms with Gasteiger partial charge in [-0.05, 0) is 13.3 Å². The summed E-state index contributed by atoms with van der Waals surface area (Å²) < 4.78 is 0. The highest BCUT2D eigenvalue weighted by Crippen LogP contribution is 2.15. The molecule has 0 spiro atoms. The average Bonchev–Trinajstić information content (AvgIpc) is 2.26. The number of aromatic nitrogens is 2. The fraction of sp³-hybridized carbons (Fsp3) is 0.667. The molecule has 0 aliphatic heterocycles. The van der Waals surface area contributed by atoms with E-state index in [1.165, 1.54) is 0 Å². The van der Waals surface area contributed by atoms with Crippen LogP contribution >= 0.6 is 0 Å². The van der Waals surface area contributed by atoms with Gasteiger partial charge in [0, 0.05) is 30.3 Å². The van der Waals surface area contributed by atoms with Gasteiger partial charge in [0.15, 0.2) is 0 Å². The number of hydrogen-bond donors (Lipinski definition) is 2. The second-order valence-electron chi connectivity index (χ2n) is 4.82. The van der Waals surface area contributed by atoms with E-state index in [0.29, 0.717) is 6.54 Å². The topological polar surface area (TPSA) is 58.0 Å². The Morgan fingerprint density at radius 2 is 2.06 bits per heavy atom. The second-order valence-corrected chi connectivity index (χ2v) is 4.82. The molecule has 0 aromatic carbocycles. The first-order valence-corrected chi connectivity index (χ1v) is 5.66. The Morgan fingerprint density at radius 1 is 1.38 bits per heavy atom. The molecule has 1 aromatic rings. The van der Waals surface area contributed by atoms with Gasteiger partial charge in [-0.2, -0.15) is 0 Å². The van der Waals surface area contributed by atoms with Gasteiger partial charge in [-0.1, -0.05) is 20.8 Å². The van der Waals surface area contributed by atoms with E-state index in [1.54, 1.807) is 0 Å². The lowest BCUT2D eigenvalue weighted by Gasteiger charge is -2.22. The highest BCUT2D eigenvalue weighted by Gasteiger charge is 2.16. The maximum atomic E-state index is 9.15. The summed E-state index contributed by atoms with van der Waals surface area (Å²) in [5.74, 6) is 1.62. The van der Waals surface area contributed by atoms with Gasteiger partial charge in [-0.25, -0.2) is 9.97 Å². The average molecular weight is 223 g/mol. The minimum absolute atomic E-state index is 0.134. The zero-order valence-corrected chi connectivity index (χ0v) is 10.5. The highest BCUT2D eigenvalue weighted by molar-refractivity contribution is 5.36. The van der Waals surface area contributed by atoms with E-state index in [4.69, 9.17) is 5.11 Å². The Balaban J connectivity index is 2.70. The van der Waals surface area contributed by atoms with Crippen LogP contribution in [-0.4, -0.2) is 28.2 Å². The molecule has 0 aliphatic rings. The molecule has 0 aliphatic carbocycles. The van der Waals surface area contributed by atoms with Crippen molar-refractivity contribution in [1.29, 1.82) is 0 Å². The lowest BCUT2D eigenvalue weighted by molar-refractivity contribution is 0.170. The van der Waals surface area contributed by atoms with Gasteiger partial charge in [0.1, 0.15) is 11.6 Å². The van der Waals surface area contributed by atoms with E-state index in [-0.39, 0.29) is 12.0 Å². The van der Waals surface area contributed by atoms with E-state index < -0.39 is 0 Å². The molecule has 4 heteroatoms. The van der Waals surface area contributed by atoms with Gasteiger partial charge in [0.05, 0.1) is 0 Å². The number of nitrogens with one attached hydrogen (secondary N) is 1. The van der Waals surface area contributed by atoms with Crippen LogP contribution < -0.4 is 5.32 Å². The number of rotatable bonds is 5. The van der Waals surface area contributed by atoms with Gasteiger partial charge in [0.25, 0.3) is 0 Å². The quantitative estimate of drug-likeness (QED) is 0.799. The standard InChI is InChI=1S/C12H21N3O/c1-5-10-6-11(15-9(2)14-10)13-7-12(3,4)8-16/h6,16H,5,7-8H2,1-4H3,(H,13,14,15). The van der Waals surface area contributed by atoms with Crippen LogP contribution in [0.3, 0.4) is 0 Å². The Bertz CT molecular complexity index is 350. The lowest BCUT2D eigenvalue weighted by atomic mass is 9.95. The fourth-order valence-corrected chi connectivity index (χ4v) is 1.29. The summed E-state index contributed by atoms with van der Waals surface area (Å²) in [6.07, 6.45) is 0.904. The lowest BCUT2D eigenvalue weighted by Crippen LogP contribution is -2.27. The molecule has 0 unspecified atom stereocenters. The first kappa shape index (κ1) is 12.9. The summed E-state index contributed by atoms with van der Waals surface area (Å²) >= 11 is 0. The third-order valence-electron chi connectivity index (χ3n) is 2.43. The molecular formula is C12H21N3O. The molecule has 1 rings (SSSR count). The van der Waals surface area contributed by atoms with Crippen LogP contribution in [0.4, 0.5) is 5.82 Å². The van der Waals surface area contributed by atoms with Gasteiger partial charge in [-0.15, -0.1) is 0 Å². The molecule has 0 amide bonds. The van der Waals surface area contributed by atoms with E-state index in [1.807, 2.05) is 26.8 Å². The summed E-state index contributed by atoms with van der Waals surface area (Å²) in [6.45, 7) is 8.84. The molecule has 0 radical (unpaired) electrons. The molecule has 0 saturated carbocycles. The van der Waals surface area contributed by atoms with Gasteiger partial charge in [-0.3, -0.25) is 0 Å². The normalized spacial score (nSPS) is 11.6. The monoisotopic (exact) mass is 223 g/mol. The van der Waals surface area contributed by atoms with E-state index in [0.717, 1.165) is 23.8 Å². The molecule has 0 fully saturated rings. The van der Waals surface area contributed by atoms with Crippen molar-refractivity contribution in [2.24, 2.45) is 5.41 Å². The molecule has 2 N–H and O–H groups in total. The Kier molecular flexibility index (Phi) is 4.24. The van der Waals surface area contributed by atoms with Crippen molar-refractivity contribution >= 4 is 5.82 Å². The highest BCUT2D eigenvalue weighted by atomic mass is 16.3. The molecule has 0 bridgehead atoms. The first-order chi connectivity index (χ1) is 7.46. The van der Waals surface area contributed by atoms with Gasteiger partial charge >= 0.3 is 0 Å². The van der Waals surface area contributed by atoms with Crippen LogP contribution in [0, 0.1) is 12.3 Å². The summed E-state index contributed by atoms with van der Waals surface area (Å²) in [5.41, 5.74) is 0.905. The Hall–Kier alpha value is -1.16. The van der Waals surface area contributed by atoms with E-state index in [9.17, 15) is 0 Å². The second kappa shape index (κ2) is 5.25. The Labute approximate surface area is 97.1 Å². The predicted molar refractivity (Wildman–Crippen MR) is 65.5 cm³/mol. The van der Waals surface area contributed by atoms with Crippen molar-refractivity contribution in [3.05, 3.63) is 17.6 Å². The predicted octanol–water partition coefficient (Wildman–Crippen LogP) is 1.78. The summed E-state index contributed by atoms with van der Waals surface area (Å²) in [7, 11) is 0. The summed E-state index contributed by atoms with van der Waals surface area (Å²) in [6, 6.07) is 1.96. The van der Waals surface area contributed by atoms with Crippen LogP contribution in [0.15, 0.2) is 6.07 Å². The van der Waals surface area contributed by atoms with Crippen LogP contribution in [0.2, 0.25) is 0 Å². The number of aryl methyl sites for hydroxylation is 2. The van der Waals surface area contributed by atoms with Crippen molar-refractivity contribution in [2.45, 2.75) is 34.1 Å². The molecule has 0 atom stereocenters. The number of aliphatic hydroxyl groups is 1. The van der Waals surface area contributed by atoms with Crippen LogP contribution in [0.25, 0.3) is 0 Å². The van der Waals surface area contributed by atoms with Gasteiger partial charge < -0.3 is 10.4 Å². The third kappa shape index (κ3) is 3.77. The first-order valence-electron chi connectivity index (χ1n) is 5.66. The molecule has 4 nitrogen and oxygen atoms in total. The molecule has 1 heterocycles. The molecule has 0 saturated heterocycles. The number of nitrogens with zero attached hydrogens (tertiary/aromatic N) is 2. The summed E-state index contributed by atoms with van der Waals surface area (Å²) in [4.78, 5) is 8.63. The maximum absolute atomic E-state index is 9.15. The Morgan fingerprint density at radius 3 is 2.62 bits per heavy atom. The van der Waals surface area contributed by atoms with Crippen molar-refractivity contribution in [1.82, 2.24) is 9.97 Å². The van der Waals surface area contributed by atoms with Crippen LogP contribution in [0.5, 0.6) is 0 Å². The van der Waals surface area contributed by atoms with Crippen LogP contribution in [0.1, 0.15) is 32.3 Å². The zero-order chi connectivity index (χ0) is 12.2. The zero-order valence-electron chi connectivity index (χ0n) is 10.5. The molecular weight excluding hydrogens is 202 g/mol.